The number of aromatic amines is 1. The van der Waals surface area contributed by atoms with Crippen LogP contribution in [-0.4, -0.2) is 17.6 Å². The Kier molecular flexibility index (Phi) is 4.79. The predicted octanol–water partition coefficient (Wildman–Crippen LogP) is 3.26. The fraction of sp³-hybridized carbons (Fsp3) is 0.643. The Balaban J connectivity index is 3.13. The summed E-state index contributed by atoms with van der Waals surface area (Å²) < 4.78 is 5.09. The lowest BCUT2D eigenvalue weighted by molar-refractivity contribution is 0.0518. The van der Waals surface area contributed by atoms with Crippen LogP contribution >= 0.6 is 0 Å². The molecule has 0 aliphatic rings. The monoisotopic (exact) mass is 237 g/mol. The molecule has 1 N–H and O–H groups in total. The van der Waals surface area contributed by atoms with Crippen molar-refractivity contribution < 1.29 is 9.53 Å². The van der Waals surface area contributed by atoms with E-state index in [1.54, 1.807) is 0 Å². The first-order chi connectivity index (χ1) is 8.01. The minimum atomic E-state index is -0.231. The fourth-order valence-corrected chi connectivity index (χ4v) is 2.08. The highest BCUT2D eigenvalue weighted by Gasteiger charge is 2.20. The van der Waals surface area contributed by atoms with Gasteiger partial charge in [-0.05, 0) is 43.7 Å². The van der Waals surface area contributed by atoms with Crippen molar-refractivity contribution in [1.82, 2.24) is 4.98 Å². The lowest BCUT2D eigenvalue weighted by Crippen LogP contribution is -2.09. The molecular formula is C14H23NO2. The van der Waals surface area contributed by atoms with Crippen molar-refractivity contribution in [3.63, 3.8) is 0 Å². The summed E-state index contributed by atoms with van der Waals surface area (Å²) in [5.74, 6) is 0.299. The van der Waals surface area contributed by atoms with Crippen molar-refractivity contribution in [2.24, 2.45) is 5.92 Å². The number of rotatable bonds is 5. The highest BCUT2D eigenvalue weighted by molar-refractivity contribution is 5.90. The molecule has 0 radical (unpaired) electrons. The molecule has 0 saturated carbocycles. The van der Waals surface area contributed by atoms with E-state index in [9.17, 15) is 4.79 Å². The fourth-order valence-electron chi connectivity index (χ4n) is 2.08. The molecule has 0 aliphatic carbocycles. The standard InChI is InChI=1S/C14H23NO2/c1-6-12-10(5)11(8-9(3)4)13(15-12)14(16)17-7-2/h9,15H,6-8H2,1-5H3. The van der Waals surface area contributed by atoms with E-state index in [-0.39, 0.29) is 5.97 Å². The van der Waals surface area contributed by atoms with Crippen LogP contribution in [0.4, 0.5) is 0 Å². The predicted molar refractivity (Wildman–Crippen MR) is 69.4 cm³/mol. The third-order valence-corrected chi connectivity index (χ3v) is 2.93. The van der Waals surface area contributed by atoms with E-state index in [2.05, 4.69) is 32.7 Å². The van der Waals surface area contributed by atoms with Crippen LogP contribution in [-0.2, 0) is 17.6 Å². The molecule has 0 atom stereocenters. The number of nitrogens with one attached hydrogen (secondary N) is 1. The molecule has 0 amide bonds. The minimum Gasteiger partial charge on any atom is -0.461 e. The largest absolute Gasteiger partial charge is 0.461 e. The Hall–Kier alpha value is -1.25. The van der Waals surface area contributed by atoms with Gasteiger partial charge in [-0.2, -0.15) is 0 Å². The molecule has 0 aliphatic heterocycles. The van der Waals surface area contributed by atoms with Gasteiger partial charge in [0.25, 0.3) is 0 Å². The second-order valence-corrected chi connectivity index (χ2v) is 4.75. The summed E-state index contributed by atoms with van der Waals surface area (Å²) in [5, 5.41) is 0. The van der Waals surface area contributed by atoms with Crippen molar-refractivity contribution in [3.8, 4) is 0 Å². The lowest BCUT2D eigenvalue weighted by atomic mass is 9.98. The van der Waals surface area contributed by atoms with Gasteiger partial charge >= 0.3 is 5.97 Å². The molecule has 3 heteroatoms. The van der Waals surface area contributed by atoms with Gasteiger partial charge in [0.2, 0.25) is 0 Å². The molecule has 0 fully saturated rings. The van der Waals surface area contributed by atoms with E-state index < -0.39 is 0 Å². The van der Waals surface area contributed by atoms with Crippen LogP contribution in [0.1, 0.15) is 55.0 Å². The van der Waals surface area contributed by atoms with Crippen LogP contribution in [0.15, 0.2) is 0 Å². The first-order valence-electron chi connectivity index (χ1n) is 6.38. The van der Waals surface area contributed by atoms with Gasteiger partial charge in [0, 0.05) is 5.69 Å². The summed E-state index contributed by atoms with van der Waals surface area (Å²) in [7, 11) is 0. The zero-order chi connectivity index (χ0) is 13.0. The highest BCUT2D eigenvalue weighted by atomic mass is 16.5. The van der Waals surface area contributed by atoms with Gasteiger partial charge in [-0.1, -0.05) is 20.8 Å². The molecular weight excluding hydrogens is 214 g/mol. The maximum Gasteiger partial charge on any atom is 0.355 e. The molecule has 96 valence electrons. The van der Waals surface area contributed by atoms with Gasteiger partial charge in [0.05, 0.1) is 6.61 Å². The molecule has 0 saturated heterocycles. The van der Waals surface area contributed by atoms with Crippen LogP contribution < -0.4 is 0 Å². The van der Waals surface area contributed by atoms with Crippen molar-refractivity contribution in [1.29, 1.82) is 0 Å². The summed E-state index contributed by atoms with van der Waals surface area (Å²) in [6.45, 7) is 10.7. The van der Waals surface area contributed by atoms with E-state index >= 15 is 0 Å². The molecule has 1 rings (SSSR count). The quantitative estimate of drug-likeness (QED) is 0.799. The number of carbonyl (C=O) groups is 1. The maximum atomic E-state index is 11.9. The summed E-state index contributed by atoms with van der Waals surface area (Å²) in [4.78, 5) is 15.1. The SMILES string of the molecule is CCOC(=O)c1[nH]c(CC)c(C)c1CC(C)C. The van der Waals surface area contributed by atoms with Gasteiger partial charge < -0.3 is 9.72 Å². The highest BCUT2D eigenvalue weighted by Crippen LogP contribution is 2.23. The van der Waals surface area contributed by atoms with E-state index in [4.69, 9.17) is 4.74 Å². The number of hydrogen-bond acceptors (Lipinski definition) is 2. The minimum absolute atomic E-state index is 0.231. The third kappa shape index (κ3) is 3.11. The first kappa shape index (κ1) is 13.8. The molecule has 1 heterocycles. The molecule has 0 bridgehead atoms. The normalized spacial score (nSPS) is 10.9. The van der Waals surface area contributed by atoms with E-state index in [1.807, 2.05) is 6.92 Å². The van der Waals surface area contributed by atoms with Crippen molar-refractivity contribution in [2.45, 2.75) is 47.5 Å². The zero-order valence-corrected chi connectivity index (χ0v) is 11.5. The number of esters is 1. The number of carbonyl (C=O) groups excluding carboxylic acids is 1. The van der Waals surface area contributed by atoms with Crippen LogP contribution in [0.25, 0.3) is 0 Å². The van der Waals surface area contributed by atoms with Gasteiger partial charge in [0.15, 0.2) is 0 Å². The number of aryl methyl sites for hydroxylation is 1. The van der Waals surface area contributed by atoms with E-state index in [0.29, 0.717) is 18.2 Å². The van der Waals surface area contributed by atoms with Crippen LogP contribution in [0.2, 0.25) is 0 Å². The van der Waals surface area contributed by atoms with E-state index in [0.717, 1.165) is 24.1 Å². The summed E-state index contributed by atoms with van der Waals surface area (Å²) in [6.07, 6.45) is 1.83. The number of hydrogen-bond donors (Lipinski definition) is 1. The third-order valence-electron chi connectivity index (χ3n) is 2.93. The number of ether oxygens (including phenoxy) is 1. The van der Waals surface area contributed by atoms with Gasteiger partial charge in [0.1, 0.15) is 5.69 Å². The van der Waals surface area contributed by atoms with Crippen LogP contribution in [0, 0.1) is 12.8 Å². The summed E-state index contributed by atoms with van der Waals surface area (Å²) >= 11 is 0. The molecule has 1 aromatic rings. The maximum absolute atomic E-state index is 11.9. The van der Waals surface area contributed by atoms with Gasteiger partial charge in [-0.25, -0.2) is 4.79 Å². The first-order valence-corrected chi connectivity index (χ1v) is 6.38. The van der Waals surface area contributed by atoms with Crippen molar-refractivity contribution >= 4 is 5.97 Å². The molecule has 3 nitrogen and oxygen atoms in total. The van der Waals surface area contributed by atoms with Gasteiger partial charge in [-0.15, -0.1) is 0 Å². The second kappa shape index (κ2) is 5.89. The Morgan fingerprint density at radius 2 is 2.00 bits per heavy atom. The van der Waals surface area contributed by atoms with Crippen LogP contribution in [0.3, 0.4) is 0 Å². The molecule has 17 heavy (non-hydrogen) atoms. The Morgan fingerprint density at radius 3 is 2.47 bits per heavy atom. The van der Waals surface area contributed by atoms with Crippen LogP contribution in [0.5, 0.6) is 0 Å². The topological polar surface area (TPSA) is 42.1 Å². The van der Waals surface area contributed by atoms with E-state index in [1.165, 1.54) is 5.56 Å². The lowest BCUT2D eigenvalue weighted by Gasteiger charge is -2.07. The Morgan fingerprint density at radius 1 is 1.35 bits per heavy atom. The summed E-state index contributed by atoms with van der Waals surface area (Å²) in [5.41, 5.74) is 4.12. The summed E-state index contributed by atoms with van der Waals surface area (Å²) in [6, 6.07) is 0. The van der Waals surface area contributed by atoms with Crippen molar-refractivity contribution in [2.75, 3.05) is 6.61 Å². The molecule has 0 aromatic carbocycles. The average Bonchev–Trinajstić information content (AvgIpc) is 2.56. The number of H-pyrrole nitrogens is 1. The molecule has 0 spiro atoms. The molecule has 0 unspecified atom stereocenters. The average molecular weight is 237 g/mol. The molecule has 1 aromatic heterocycles. The Bertz CT molecular complexity index is 391. The Labute approximate surface area is 104 Å². The second-order valence-electron chi connectivity index (χ2n) is 4.75. The smallest absolute Gasteiger partial charge is 0.355 e. The van der Waals surface area contributed by atoms with Crippen molar-refractivity contribution in [3.05, 3.63) is 22.5 Å². The zero-order valence-electron chi connectivity index (χ0n) is 11.5. The van der Waals surface area contributed by atoms with Gasteiger partial charge in [-0.3, -0.25) is 0 Å². The number of aromatic nitrogens is 1.